The van der Waals surface area contributed by atoms with Crippen LogP contribution in [0.5, 0.6) is 0 Å². The largest absolute Gasteiger partial charge is 0.385 e. The number of nitrogens with one attached hydrogen (secondary N) is 2. The van der Waals surface area contributed by atoms with E-state index in [9.17, 15) is 4.79 Å². The summed E-state index contributed by atoms with van der Waals surface area (Å²) >= 11 is 0. The standard InChI is InChI=1S/C25H33N3O2/c1-30-8-4-7-26-23-12-22(20-5-2-3-6-21(20)27-23)28-24(29)16-25-13-17-9-18(14-25)11-19(10-17)15-25/h2-3,5-6,12,17-19H,4,7-11,13-16H2,1H3,(H2,26,27,28,29). The van der Waals surface area contributed by atoms with E-state index in [0.717, 1.165) is 59.7 Å². The predicted octanol–water partition coefficient (Wildman–Crippen LogP) is 5.23. The highest BCUT2D eigenvalue weighted by atomic mass is 16.5. The molecule has 4 aliphatic rings. The summed E-state index contributed by atoms with van der Waals surface area (Å²) in [5.74, 6) is 3.57. The van der Waals surface area contributed by atoms with E-state index in [1.165, 1.54) is 38.5 Å². The molecule has 4 saturated carbocycles. The number of methoxy groups -OCH3 is 1. The van der Waals surface area contributed by atoms with Crippen LogP contribution in [0.2, 0.25) is 0 Å². The van der Waals surface area contributed by atoms with Crippen molar-refractivity contribution in [2.24, 2.45) is 23.2 Å². The van der Waals surface area contributed by atoms with Crippen molar-refractivity contribution in [3.05, 3.63) is 30.3 Å². The van der Waals surface area contributed by atoms with Crippen molar-refractivity contribution in [1.82, 2.24) is 4.98 Å². The predicted molar refractivity (Wildman–Crippen MR) is 121 cm³/mol. The van der Waals surface area contributed by atoms with Gasteiger partial charge < -0.3 is 15.4 Å². The van der Waals surface area contributed by atoms with Crippen molar-refractivity contribution < 1.29 is 9.53 Å². The zero-order valence-corrected chi connectivity index (χ0v) is 18.0. The number of aromatic nitrogens is 1. The number of fused-ring (bicyclic) bond motifs is 1. The van der Waals surface area contributed by atoms with E-state index in [1.54, 1.807) is 7.11 Å². The first-order chi connectivity index (χ1) is 14.6. The van der Waals surface area contributed by atoms with Gasteiger partial charge in [-0.25, -0.2) is 4.98 Å². The van der Waals surface area contributed by atoms with Crippen molar-refractivity contribution in [3.8, 4) is 0 Å². The maximum Gasteiger partial charge on any atom is 0.224 e. The van der Waals surface area contributed by atoms with Gasteiger partial charge in [-0.3, -0.25) is 4.79 Å². The SMILES string of the molecule is COCCCNc1cc(NC(=O)CC23CC4CC(CC(C4)C2)C3)c2ccccc2n1. The molecule has 5 heteroatoms. The Morgan fingerprint density at radius 2 is 1.83 bits per heavy atom. The second kappa shape index (κ2) is 8.18. The smallest absolute Gasteiger partial charge is 0.224 e. The number of hydrogen-bond acceptors (Lipinski definition) is 4. The van der Waals surface area contributed by atoms with Crippen LogP contribution in [-0.4, -0.2) is 31.2 Å². The van der Waals surface area contributed by atoms with Crippen LogP contribution in [0.4, 0.5) is 11.5 Å². The van der Waals surface area contributed by atoms with Crippen LogP contribution in [0.3, 0.4) is 0 Å². The number of hydrogen-bond donors (Lipinski definition) is 2. The van der Waals surface area contributed by atoms with E-state index in [4.69, 9.17) is 9.72 Å². The van der Waals surface area contributed by atoms with E-state index in [0.29, 0.717) is 6.42 Å². The van der Waals surface area contributed by atoms with Crippen molar-refractivity contribution in [2.75, 3.05) is 30.9 Å². The van der Waals surface area contributed by atoms with Gasteiger partial charge in [-0.15, -0.1) is 0 Å². The lowest BCUT2D eigenvalue weighted by Gasteiger charge is -2.56. The summed E-state index contributed by atoms with van der Waals surface area (Å²) in [5, 5.41) is 7.63. The van der Waals surface area contributed by atoms with Gasteiger partial charge >= 0.3 is 0 Å². The molecular formula is C25H33N3O2. The molecule has 1 aromatic heterocycles. The molecule has 160 valence electrons. The highest BCUT2D eigenvalue weighted by Crippen LogP contribution is 2.61. The lowest BCUT2D eigenvalue weighted by Crippen LogP contribution is -2.47. The van der Waals surface area contributed by atoms with Gasteiger partial charge in [0.15, 0.2) is 0 Å². The van der Waals surface area contributed by atoms with Crippen LogP contribution in [0.1, 0.15) is 51.4 Å². The Morgan fingerprint density at radius 1 is 1.13 bits per heavy atom. The van der Waals surface area contributed by atoms with Gasteiger partial charge in [0.2, 0.25) is 5.91 Å². The molecule has 6 rings (SSSR count). The molecule has 5 nitrogen and oxygen atoms in total. The first-order valence-corrected chi connectivity index (χ1v) is 11.5. The van der Waals surface area contributed by atoms with E-state index in [1.807, 2.05) is 30.3 Å². The molecule has 30 heavy (non-hydrogen) atoms. The topological polar surface area (TPSA) is 63.2 Å². The van der Waals surface area contributed by atoms with E-state index in [-0.39, 0.29) is 11.3 Å². The summed E-state index contributed by atoms with van der Waals surface area (Å²) in [7, 11) is 1.71. The molecule has 4 bridgehead atoms. The summed E-state index contributed by atoms with van der Waals surface area (Å²) < 4.78 is 5.12. The normalized spacial score (nSPS) is 29.3. The lowest BCUT2D eigenvalue weighted by molar-refractivity contribution is -0.124. The Hall–Kier alpha value is -2.14. The molecule has 2 N–H and O–H groups in total. The number of amides is 1. The average molecular weight is 408 g/mol. The number of ether oxygens (including phenoxy) is 1. The summed E-state index contributed by atoms with van der Waals surface area (Å²) in [4.78, 5) is 17.9. The van der Waals surface area contributed by atoms with E-state index < -0.39 is 0 Å². The minimum Gasteiger partial charge on any atom is -0.385 e. The number of anilines is 2. The lowest BCUT2D eigenvalue weighted by atomic mass is 9.49. The highest BCUT2D eigenvalue weighted by Gasteiger charge is 2.51. The Bertz CT molecular complexity index is 890. The van der Waals surface area contributed by atoms with E-state index >= 15 is 0 Å². The third kappa shape index (κ3) is 4.04. The number of nitrogens with zero attached hydrogens (tertiary/aromatic N) is 1. The fourth-order valence-corrected chi connectivity index (χ4v) is 6.84. The number of benzene rings is 1. The molecule has 0 unspecified atom stereocenters. The zero-order valence-electron chi connectivity index (χ0n) is 18.0. The molecular weight excluding hydrogens is 374 g/mol. The number of carbonyl (C=O) groups excluding carboxylic acids is 1. The van der Waals surface area contributed by atoms with Crippen molar-refractivity contribution in [3.63, 3.8) is 0 Å². The van der Waals surface area contributed by atoms with Crippen LogP contribution in [-0.2, 0) is 9.53 Å². The Labute approximate surface area is 179 Å². The minimum atomic E-state index is 0.165. The quantitative estimate of drug-likeness (QED) is 0.588. The Kier molecular flexibility index (Phi) is 5.40. The minimum absolute atomic E-state index is 0.165. The van der Waals surface area contributed by atoms with Crippen molar-refractivity contribution >= 4 is 28.3 Å². The number of para-hydroxylation sites is 1. The average Bonchev–Trinajstić information content (AvgIpc) is 2.70. The van der Waals surface area contributed by atoms with Crippen molar-refractivity contribution in [2.45, 2.75) is 51.4 Å². The maximum absolute atomic E-state index is 13.2. The molecule has 2 aromatic rings. The number of pyridine rings is 1. The number of carbonyl (C=O) groups is 1. The molecule has 0 saturated heterocycles. The number of rotatable bonds is 8. The second-order valence-corrected chi connectivity index (χ2v) is 9.99. The molecule has 1 aromatic carbocycles. The fraction of sp³-hybridized carbons (Fsp3) is 0.600. The summed E-state index contributed by atoms with van der Waals surface area (Å²) in [6.07, 6.45) is 9.60. The molecule has 1 amide bonds. The highest BCUT2D eigenvalue weighted by molar-refractivity contribution is 6.02. The molecule has 0 atom stereocenters. The molecule has 0 spiro atoms. The van der Waals surface area contributed by atoms with Crippen LogP contribution >= 0.6 is 0 Å². The summed E-state index contributed by atoms with van der Waals surface area (Å²) in [6, 6.07) is 10.0. The van der Waals surface area contributed by atoms with Crippen molar-refractivity contribution in [1.29, 1.82) is 0 Å². The van der Waals surface area contributed by atoms with Gasteiger partial charge in [-0.2, -0.15) is 0 Å². The monoisotopic (exact) mass is 407 g/mol. The third-order valence-electron chi connectivity index (χ3n) is 7.52. The van der Waals surface area contributed by atoms with Crippen LogP contribution < -0.4 is 10.6 Å². The molecule has 1 heterocycles. The van der Waals surface area contributed by atoms with Crippen LogP contribution in [0, 0.1) is 23.2 Å². The van der Waals surface area contributed by atoms with Gasteiger partial charge in [0.25, 0.3) is 0 Å². The Balaban J connectivity index is 1.32. The molecule has 4 fully saturated rings. The Morgan fingerprint density at radius 3 is 2.53 bits per heavy atom. The van der Waals surface area contributed by atoms with Crippen LogP contribution in [0.25, 0.3) is 10.9 Å². The van der Waals surface area contributed by atoms with E-state index in [2.05, 4.69) is 10.6 Å². The summed E-state index contributed by atoms with van der Waals surface area (Å²) in [6.45, 7) is 1.51. The molecule has 0 aliphatic heterocycles. The zero-order chi connectivity index (χ0) is 20.6. The van der Waals surface area contributed by atoms with Gasteiger partial charge in [-0.05, 0) is 74.2 Å². The maximum atomic E-state index is 13.2. The van der Waals surface area contributed by atoms with Gasteiger partial charge in [0.1, 0.15) is 5.82 Å². The first-order valence-electron chi connectivity index (χ1n) is 11.5. The van der Waals surface area contributed by atoms with Gasteiger partial charge in [0, 0.05) is 38.1 Å². The summed E-state index contributed by atoms with van der Waals surface area (Å²) in [5.41, 5.74) is 2.02. The first kappa shape index (κ1) is 19.8. The molecule has 0 radical (unpaired) electrons. The van der Waals surface area contributed by atoms with Gasteiger partial charge in [-0.1, -0.05) is 18.2 Å². The third-order valence-corrected chi connectivity index (χ3v) is 7.52. The second-order valence-electron chi connectivity index (χ2n) is 9.99. The van der Waals surface area contributed by atoms with Gasteiger partial charge in [0.05, 0.1) is 11.2 Å². The fourth-order valence-electron chi connectivity index (χ4n) is 6.84. The van der Waals surface area contributed by atoms with Crippen LogP contribution in [0.15, 0.2) is 30.3 Å². The molecule has 4 aliphatic carbocycles.